The topological polar surface area (TPSA) is 70.6 Å². The molecule has 0 spiro atoms. The first kappa shape index (κ1) is 17.3. The number of alkyl halides is 3. The highest BCUT2D eigenvalue weighted by molar-refractivity contribution is 5.92. The second-order valence-electron chi connectivity index (χ2n) is 4.18. The summed E-state index contributed by atoms with van der Waals surface area (Å²) in [6, 6.07) is 4.63. The van der Waals surface area contributed by atoms with Crippen LogP contribution in [0.2, 0.25) is 0 Å². The van der Waals surface area contributed by atoms with E-state index in [0.29, 0.717) is 23.6 Å². The molecule has 0 fully saturated rings. The molecule has 5 nitrogen and oxygen atoms in total. The zero-order valence-electron chi connectivity index (χ0n) is 11.5. The van der Waals surface area contributed by atoms with Crippen LogP contribution in [0, 0.1) is 0 Å². The van der Waals surface area contributed by atoms with Gasteiger partial charge in [0.2, 0.25) is 5.91 Å². The highest BCUT2D eigenvalue weighted by Gasteiger charge is 2.26. The predicted molar refractivity (Wildman–Crippen MR) is 71.1 cm³/mol. The molecule has 1 aromatic rings. The maximum Gasteiger partial charge on any atom is 0.401 e. The van der Waals surface area contributed by atoms with Gasteiger partial charge >= 0.3 is 6.18 Å². The summed E-state index contributed by atoms with van der Waals surface area (Å²) < 4.78 is 41.0. The number of nitrogens with one attached hydrogen (secondary N) is 2. The van der Waals surface area contributed by atoms with E-state index in [1.807, 2.05) is 5.32 Å². The maximum atomic E-state index is 11.9. The van der Waals surface area contributed by atoms with E-state index in [9.17, 15) is 23.1 Å². The van der Waals surface area contributed by atoms with E-state index in [2.05, 4.69) is 5.32 Å². The summed E-state index contributed by atoms with van der Waals surface area (Å²) in [4.78, 5) is 11.5. The monoisotopic (exact) mass is 306 g/mol. The molecule has 118 valence electrons. The average molecular weight is 306 g/mol. The van der Waals surface area contributed by atoms with Crippen LogP contribution < -0.4 is 15.4 Å². The average Bonchev–Trinajstić information content (AvgIpc) is 2.39. The third-order valence-electron chi connectivity index (χ3n) is 2.43. The number of benzene rings is 1. The fraction of sp³-hybridized carbons (Fsp3) is 0.462. The van der Waals surface area contributed by atoms with Crippen molar-refractivity contribution in [1.82, 2.24) is 5.32 Å². The van der Waals surface area contributed by atoms with E-state index < -0.39 is 25.2 Å². The molecular weight excluding hydrogens is 289 g/mol. The molecule has 0 aliphatic carbocycles. The highest BCUT2D eigenvalue weighted by Crippen LogP contribution is 2.23. The van der Waals surface area contributed by atoms with Gasteiger partial charge in [-0.15, -0.1) is 0 Å². The van der Waals surface area contributed by atoms with Crippen LogP contribution in [-0.4, -0.2) is 36.9 Å². The Morgan fingerprint density at radius 2 is 2.10 bits per heavy atom. The Balaban J connectivity index is 2.56. The minimum atomic E-state index is -4.36. The molecule has 3 N–H and O–H groups in total. The summed E-state index contributed by atoms with van der Waals surface area (Å²) in [5, 5.41) is 13.6. The van der Waals surface area contributed by atoms with Crippen LogP contribution in [0.25, 0.3) is 0 Å². The van der Waals surface area contributed by atoms with Crippen LogP contribution in [-0.2, 0) is 11.4 Å². The third kappa shape index (κ3) is 6.46. The van der Waals surface area contributed by atoms with Gasteiger partial charge in [-0.25, -0.2) is 0 Å². The molecule has 0 aromatic heterocycles. The van der Waals surface area contributed by atoms with Gasteiger partial charge in [0.05, 0.1) is 26.3 Å². The van der Waals surface area contributed by atoms with E-state index in [1.165, 1.54) is 6.07 Å². The molecule has 0 aliphatic heterocycles. The van der Waals surface area contributed by atoms with Crippen molar-refractivity contribution < 1.29 is 27.8 Å². The molecule has 0 saturated carbocycles. The normalized spacial score (nSPS) is 11.3. The Bertz CT molecular complexity index is 478. The zero-order chi connectivity index (χ0) is 15.9. The van der Waals surface area contributed by atoms with Gasteiger partial charge in [0.25, 0.3) is 0 Å². The summed E-state index contributed by atoms with van der Waals surface area (Å²) in [5.74, 6) is -0.111. The molecule has 0 unspecified atom stereocenters. The third-order valence-corrected chi connectivity index (χ3v) is 2.43. The lowest BCUT2D eigenvalue weighted by atomic mass is 10.2. The Morgan fingerprint density at radius 3 is 2.67 bits per heavy atom. The number of amides is 1. The second kappa shape index (κ2) is 7.84. The fourth-order valence-electron chi connectivity index (χ4n) is 1.60. The minimum Gasteiger partial charge on any atom is -0.494 e. The lowest BCUT2D eigenvalue weighted by molar-refractivity contribution is -0.126. The van der Waals surface area contributed by atoms with Gasteiger partial charge in [0, 0.05) is 11.3 Å². The van der Waals surface area contributed by atoms with E-state index in [1.54, 1.807) is 19.1 Å². The molecule has 0 bridgehead atoms. The summed E-state index contributed by atoms with van der Waals surface area (Å²) in [5.41, 5.74) is 0.860. The van der Waals surface area contributed by atoms with Gasteiger partial charge in [0.15, 0.2) is 0 Å². The van der Waals surface area contributed by atoms with E-state index in [4.69, 9.17) is 4.74 Å². The summed E-state index contributed by atoms with van der Waals surface area (Å²) in [7, 11) is 0. The SMILES string of the molecule is CCOc1ccc(NC(=O)CNCC(F)(F)F)cc1CO. The molecule has 0 saturated heterocycles. The van der Waals surface area contributed by atoms with Gasteiger partial charge in [-0.05, 0) is 25.1 Å². The Labute approximate surface area is 120 Å². The molecular formula is C13H17F3N2O3. The highest BCUT2D eigenvalue weighted by atomic mass is 19.4. The summed E-state index contributed by atoms with van der Waals surface area (Å²) in [6.45, 7) is 0.265. The largest absolute Gasteiger partial charge is 0.494 e. The number of anilines is 1. The standard InChI is InChI=1S/C13H17F3N2O3/c1-2-21-11-4-3-10(5-9(11)7-19)18-12(20)6-17-8-13(14,15)16/h3-5,17,19H,2,6-8H2,1H3,(H,18,20). The van der Waals surface area contributed by atoms with Crippen molar-refractivity contribution >= 4 is 11.6 Å². The van der Waals surface area contributed by atoms with E-state index in [-0.39, 0.29) is 6.61 Å². The summed E-state index contributed by atoms with van der Waals surface area (Å²) in [6.07, 6.45) is -4.36. The Kier molecular flexibility index (Phi) is 6.44. The number of halogens is 3. The predicted octanol–water partition coefficient (Wildman–Crippen LogP) is 1.67. The smallest absolute Gasteiger partial charge is 0.401 e. The number of aliphatic hydroxyl groups is 1. The quantitative estimate of drug-likeness (QED) is 0.716. The van der Waals surface area contributed by atoms with Gasteiger partial charge in [-0.3, -0.25) is 4.79 Å². The molecule has 1 amide bonds. The van der Waals surface area contributed by atoms with Crippen molar-refractivity contribution in [3.8, 4) is 5.75 Å². The first-order valence-corrected chi connectivity index (χ1v) is 6.29. The Morgan fingerprint density at radius 1 is 1.38 bits per heavy atom. The van der Waals surface area contributed by atoms with Crippen LogP contribution in [0.15, 0.2) is 18.2 Å². The molecule has 0 radical (unpaired) electrons. The molecule has 0 atom stereocenters. The number of hydrogen-bond acceptors (Lipinski definition) is 4. The molecule has 21 heavy (non-hydrogen) atoms. The first-order valence-electron chi connectivity index (χ1n) is 6.29. The molecule has 1 aromatic carbocycles. The van der Waals surface area contributed by atoms with E-state index in [0.717, 1.165) is 0 Å². The number of rotatable bonds is 7. The molecule has 1 rings (SSSR count). The Hall–Kier alpha value is -1.80. The number of carbonyl (C=O) groups is 1. The minimum absolute atomic E-state index is 0.272. The lowest BCUT2D eigenvalue weighted by Crippen LogP contribution is -2.35. The lowest BCUT2D eigenvalue weighted by Gasteiger charge is -2.12. The summed E-state index contributed by atoms with van der Waals surface area (Å²) >= 11 is 0. The van der Waals surface area contributed by atoms with Crippen LogP contribution in [0.4, 0.5) is 18.9 Å². The number of hydrogen-bond donors (Lipinski definition) is 3. The molecule has 0 aliphatic rings. The van der Waals surface area contributed by atoms with E-state index >= 15 is 0 Å². The van der Waals surface area contributed by atoms with Gasteiger partial charge in [0.1, 0.15) is 5.75 Å². The first-order chi connectivity index (χ1) is 9.85. The number of carbonyl (C=O) groups excluding carboxylic acids is 1. The maximum absolute atomic E-state index is 11.9. The van der Waals surface area contributed by atoms with Gasteiger partial charge < -0.3 is 20.5 Å². The van der Waals surface area contributed by atoms with Crippen LogP contribution in [0.1, 0.15) is 12.5 Å². The van der Waals surface area contributed by atoms with Crippen molar-refractivity contribution in [2.75, 3.05) is 25.0 Å². The zero-order valence-corrected chi connectivity index (χ0v) is 11.5. The van der Waals surface area contributed by atoms with Crippen molar-refractivity contribution in [1.29, 1.82) is 0 Å². The van der Waals surface area contributed by atoms with Crippen molar-refractivity contribution in [3.05, 3.63) is 23.8 Å². The van der Waals surface area contributed by atoms with Gasteiger partial charge in [-0.2, -0.15) is 13.2 Å². The van der Waals surface area contributed by atoms with Crippen molar-refractivity contribution in [2.45, 2.75) is 19.7 Å². The van der Waals surface area contributed by atoms with Crippen molar-refractivity contribution in [3.63, 3.8) is 0 Å². The van der Waals surface area contributed by atoms with Crippen molar-refractivity contribution in [2.24, 2.45) is 0 Å². The van der Waals surface area contributed by atoms with Gasteiger partial charge in [-0.1, -0.05) is 0 Å². The van der Waals surface area contributed by atoms with Crippen LogP contribution in [0.5, 0.6) is 5.75 Å². The van der Waals surface area contributed by atoms with Crippen LogP contribution in [0.3, 0.4) is 0 Å². The number of aliphatic hydroxyl groups excluding tert-OH is 1. The molecule has 8 heteroatoms. The van der Waals surface area contributed by atoms with Crippen LogP contribution >= 0.6 is 0 Å². The fourth-order valence-corrected chi connectivity index (χ4v) is 1.60. The second-order valence-corrected chi connectivity index (χ2v) is 4.18. The molecule has 0 heterocycles. The number of ether oxygens (including phenoxy) is 1.